The molecule has 1 aliphatic rings. The molecule has 1 saturated heterocycles. The van der Waals surface area contributed by atoms with Crippen LogP contribution in [0.1, 0.15) is 281 Å². The third-order valence-corrected chi connectivity index (χ3v) is 12.4. The minimum absolute atomic E-state index is 0.0737. The van der Waals surface area contributed by atoms with Gasteiger partial charge in [0, 0.05) is 129 Å². The highest BCUT2D eigenvalue weighted by molar-refractivity contribution is 5.70. The maximum Gasteiger partial charge on any atom is 0.331 e. The fourth-order valence-electron chi connectivity index (χ4n) is 5.15. The number of ether oxygens (including phenoxy) is 23. The van der Waals surface area contributed by atoms with Crippen LogP contribution in [-0.2, 0) is 133 Å². The highest BCUT2D eigenvalue weighted by Gasteiger charge is 2.11. The molecule has 31 nitrogen and oxygen atoms in total. The van der Waals surface area contributed by atoms with Gasteiger partial charge in [0.2, 0.25) is 0 Å². The van der Waals surface area contributed by atoms with Crippen LogP contribution in [-0.4, -0.2) is 312 Å². The van der Waals surface area contributed by atoms with Crippen molar-refractivity contribution in [2.45, 2.75) is 312 Å². The number of carbonyl (C=O) groups excluding carboxylic acids is 5. The molecule has 728 valence electrons. The largest absolute Gasteiger partial charge is 0.468 e. The number of hydrogen-bond acceptors (Lipinski definition) is 31. The smallest absolute Gasteiger partial charge is 0.331 e. The van der Waals surface area contributed by atoms with Gasteiger partial charge in [-0.2, -0.15) is 0 Å². The fraction of sp³-hybridized carbons (Fsp3) is 0.943. The molecular formula is C87H194O31. The average molecular weight is 1740 g/mol. The third-order valence-electron chi connectivity index (χ3n) is 12.4. The first-order chi connectivity index (χ1) is 56.7. The molecule has 1 rings (SSSR count). The summed E-state index contributed by atoms with van der Waals surface area (Å²) in [4.78, 5) is 50.2. The Morgan fingerprint density at radius 3 is 1.01 bits per heavy atom. The Kier molecular flexibility index (Phi) is 207. The van der Waals surface area contributed by atoms with E-state index in [0.717, 1.165) is 149 Å². The van der Waals surface area contributed by atoms with E-state index in [1.807, 2.05) is 69.2 Å². The molecule has 5 atom stereocenters. The molecule has 1 heterocycles. The molecule has 0 bridgehead atoms. The molecule has 0 spiro atoms. The van der Waals surface area contributed by atoms with Crippen LogP contribution in [0.25, 0.3) is 0 Å². The average Bonchev–Trinajstić information content (AvgIpc) is 1.87. The van der Waals surface area contributed by atoms with Gasteiger partial charge in [0.15, 0.2) is 0 Å². The number of methoxy groups -OCH3 is 8. The Labute approximate surface area is 723 Å². The van der Waals surface area contributed by atoms with Crippen molar-refractivity contribution in [1.82, 2.24) is 0 Å². The van der Waals surface area contributed by atoms with Crippen LogP contribution < -0.4 is 0 Å². The number of carbonyl (C=O) groups is 5. The van der Waals surface area contributed by atoms with Crippen molar-refractivity contribution in [2.75, 3.05) is 236 Å². The molecule has 0 aromatic rings. The molecule has 5 unspecified atom stereocenters. The van der Waals surface area contributed by atoms with Crippen molar-refractivity contribution in [2.24, 2.45) is 0 Å². The highest BCUT2D eigenvalue weighted by Crippen LogP contribution is 2.13. The summed E-state index contributed by atoms with van der Waals surface area (Å²) < 4.78 is 111. The molecular weight excluding hydrogens is 1540 g/mol. The second-order valence-corrected chi connectivity index (χ2v) is 24.3. The molecule has 0 aromatic carbocycles. The lowest BCUT2D eigenvalue weighted by Crippen LogP contribution is -2.11. The number of aliphatic hydroxyl groups excluding tert-OH is 3. The number of aliphatic hydroxyl groups is 3. The van der Waals surface area contributed by atoms with Gasteiger partial charge in [0.25, 0.3) is 6.47 Å². The van der Waals surface area contributed by atoms with E-state index in [9.17, 15) is 24.0 Å². The SMILES string of the molecule is CCC(C)O.CCC(C)OC.CCC(C)OCOC.CCC(C)OCOCCOC.CCC1CCCO1.CCCO.CCCOC.CCCOC(=O)CC.CCCOC(C)=O.CCCOC=O.CCCOCC(=O)OC.CCCOCCO.CCCOCCOC.CCCOCCOC(C)=O.CCCOCOC.CCCOCOCCOC. The van der Waals surface area contributed by atoms with Gasteiger partial charge in [0.05, 0.1) is 117 Å². The van der Waals surface area contributed by atoms with Crippen LogP contribution >= 0.6 is 0 Å². The molecule has 1 fully saturated rings. The standard InChI is InChI=1S/C8H18O3.C7H16O3.C7H14O3.C6H12O3.2C6H14O2.C6H12O2.C6H12O.C5H12O2.C5H10O2.C5H12O2.C5H12O.C4H8O2.2C4H10O.C3H8O/c1-4-8(2)11-7-10-6-5-9-3;1-3-4-9-7-10-6-5-8-2;1-3-4-9-5-6-10-7(2)8;1-3-4-9-5-6(7)8-2;1-4-6(2)8-5-7-3;1-3-4-8-6-5-7-2;1-3-5-8-6(7)4-2;1-2-6-4-3-5-7-6;1-3-4-7-5-6-2;1-3-4-7-5(2)6;1-2-4-7-5-3-6;1-4-5(2)6-3;1-2-3-6-4-5;1-3-4-5-2;1-3-4(2)5;1-2-3-4/h8H,4-7H2,1-3H3;3-7H2,1-2H3;3-6H2,1-2H3;3-5H2,1-2H3;6H,4-5H2,1-3H3;3-6H2,1-2H3;3-5H2,1-2H3;6H,2-5H2,1H3;3-5H2,1-2H3;3-4H2,1-2H3;6H,2-5H2,1H3;5H,4H2,1-3H3;4H,2-3H2,1H3;3-4H2,1-2H3;4-5H,3H2,1-2H3;4H,2-3H2,1H3. The topological polar surface area (TPSA) is 358 Å². The van der Waals surface area contributed by atoms with Gasteiger partial charge in [-0.15, -0.1) is 0 Å². The van der Waals surface area contributed by atoms with E-state index in [0.29, 0.717) is 144 Å². The first-order valence-electron chi connectivity index (χ1n) is 43.1. The van der Waals surface area contributed by atoms with Crippen molar-refractivity contribution in [1.29, 1.82) is 0 Å². The van der Waals surface area contributed by atoms with E-state index in [1.165, 1.54) is 40.2 Å². The molecule has 0 radical (unpaired) electrons. The van der Waals surface area contributed by atoms with Crippen LogP contribution in [0.5, 0.6) is 0 Å². The van der Waals surface area contributed by atoms with Gasteiger partial charge in [-0.3, -0.25) is 19.2 Å². The first kappa shape index (κ1) is 149. The van der Waals surface area contributed by atoms with Crippen molar-refractivity contribution >= 4 is 30.3 Å². The monoisotopic (exact) mass is 1740 g/mol. The Hall–Kier alpha value is -3.49. The normalized spacial score (nSPS) is 11.6. The lowest BCUT2D eigenvalue weighted by Gasteiger charge is -2.10. The van der Waals surface area contributed by atoms with Gasteiger partial charge in [-0.1, -0.05) is 118 Å². The molecule has 31 heteroatoms. The minimum atomic E-state index is -0.316. The third kappa shape index (κ3) is 239. The van der Waals surface area contributed by atoms with E-state index >= 15 is 0 Å². The van der Waals surface area contributed by atoms with Crippen molar-refractivity contribution in [3.8, 4) is 0 Å². The fourth-order valence-corrected chi connectivity index (χ4v) is 5.15. The van der Waals surface area contributed by atoms with Gasteiger partial charge in [0.1, 0.15) is 40.4 Å². The maximum absolute atomic E-state index is 10.3. The summed E-state index contributed by atoms with van der Waals surface area (Å²) in [5.74, 6) is -0.864. The van der Waals surface area contributed by atoms with Crippen LogP contribution in [0.3, 0.4) is 0 Å². The van der Waals surface area contributed by atoms with E-state index < -0.39 is 0 Å². The molecule has 0 aromatic heterocycles. The predicted molar refractivity (Wildman–Crippen MR) is 474 cm³/mol. The first-order valence-corrected chi connectivity index (χ1v) is 43.1. The van der Waals surface area contributed by atoms with Crippen molar-refractivity contribution < 1.29 is 148 Å². The summed E-state index contributed by atoms with van der Waals surface area (Å²) in [5, 5.41) is 24.4. The van der Waals surface area contributed by atoms with Gasteiger partial charge in [-0.25, -0.2) is 4.79 Å². The van der Waals surface area contributed by atoms with E-state index in [-0.39, 0.29) is 49.3 Å². The Bertz CT molecular complexity index is 1540. The van der Waals surface area contributed by atoms with Gasteiger partial charge < -0.3 is 124 Å². The molecule has 1 aliphatic heterocycles. The minimum Gasteiger partial charge on any atom is -0.468 e. The Morgan fingerprint density at radius 2 is 0.729 bits per heavy atom. The van der Waals surface area contributed by atoms with Crippen LogP contribution in [0.15, 0.2) is 0 Å². The zero-order valence-corrected chi connectivity index (χ0v) is 81.8. The number of esters is 4. The van der Waals surface area contributed by atoms with Crippen LogP contribution in [0, 0.1) is 0 Å². The number of hydrogen-bond donors (Lipinski definition) is 3. The van der Waals surface area contributed by atoms with E-state index in [1.54, 1.807) is 63.6 Å². The quantitative estimate of drug-likeness (QED) is 0.0167. The zero-order valence-electron chi connectivity index (χ0n) is 81.8. The summed E-state index contributed by atoms with van der Waals surface area (Å²) in [5.41, 5.74) is 0. The van der Waals surface area contributed by atoms with Crippen LogP contribution in [0.4, 0.5) is 0 Å². The maximum atomic E-state index is 10.3. The van der Waals surface area contributed by atoms with Crippen LogP contribution in [0.2, 0.25) is 0 Å². The summed E-state index contributed by atoms with van der Waals surface area (Å²) in [6, 6.07) is 0. The molecule has 0 aliphatic carbocycles. The van der Waals surface area contributed by atoms with Crippen molar-refractivity contribution in [3.05, 3.63) is 0 Å². The van der Waals surface area contributed by atoms with Gasteiger partial charge >= 0.3 is 23.9 Å². The van der Waals surface area contributed by atoms with E-state index in [4.69, 9.17) is 101 Å². The van der Waals surface area contributed by atoms with E-state index in [2.05, 4.69) is 86.0 Å². The predicted octanol–water partition coefficient (Wildman–Crippen LogP) is 16.0. The Balaban J connectivity index is -0.0000000742. The molecule has 3 N–H and O–H groups in total. The summed E-state index contributed by atoms with van der Waals surface area (Å²) in [6.45, 7) is 61.0. The summed E-state index contributed by atoms with van der Waals surface area (Å²) >= 11 is 0. The number of rotatable bonds is 55. The summed E-state index contributed by atoms with van der Waals surface area (Å²) in [7, 11) is 13.0. The highest BCUT2D eigenvalue weighted by atomic mass is 16.7. The lowest BCUT2D eigenvalue weighted by atomic mass is 10.2. The Morgan fingerprint density at radius 1 is 0.373 bits per heavy atom. The second-order valence-electron chi connectivity index (χ2n) is 24.3. The molecule has 0 saturated carbocycles. The lowest BCUT2D eigenvalue weighted by molar-refractivity contribution is -0.146. The van der Waals surface area contributed by atoms with Crippen molar-refractivity contribution in [3.63, 3.8) is 0 Å². The van der Waals surface area contributed by atoms with Gasteiger partial charge in [-0.05, 0) is 143 Å². The molecule has 0 amide bonds. The summed E-state index contributed by atoms with van der Waals surface area (Å²) in [6.07, 6.45) is 20.7. The zero-order chi connectivity index (χ0) is 93.7. The molecule has 118 heavy (non-hydrogen) atoms. The second kappa shape index (κ2) is 164.